The molecule has 2 aliphatic rings. The van der Waals surface area contributed by atoms with Crippen molar-refractivity contribution in [3.05, 3.63) is 11.8 Å². The first kappa shape index (κ1) is 6.67. The Kier molecular flexibility index (Phi) is 1.54. The van der Waals surface area contributed by atoms with E-state index in [0.717, 1.165) is 25.1 Å². The van der Waals surface area contributed by atoms with Crippen LogP contribution in [0.15, 0.2) is 11.8 Å². The summed E-state index contributed by atoms with van der Waals surface area (Å²) in [5.74, 6) is -0.00750. The highest BCUT2D eigenvalue weighted by molar-refractivity contribution is 5.93. The first-order valence-electron chi connectivity index (χ1n) is 3.91. The first-order valence-corrected chi connectivity index (χ1v) is 3.91. The van der Waals surface area contributed by atoms with Crippen molar-refractivity contribution in [2.75, 3.05) is 6.54 Å². The Balaban J connectivity index is 2.21. The van der Waals surface area contributed by atoms with Crippen LogP contribution in [-0.4, -0.2) is 17.5 Å². The zero-order valence-electron chi connectivity index (χ0n) is 6.26. The molecule has 0 bridgehead atoms. The molecule has 0 aromatic carbocycles. The Morgan fingerprint density at radius 1 is 1.45 bits per heavy atom. The van der Waals surface area contributed by atoms with Crippen LogP contribution < -0.4 is 11.0 Å². The molecule has 1 saturated heterocycles. The molecule has 0 saturated carbocycles. The molecule has 2 heterocycles. The van der Waals surface area contributed by atoms with E-state index in [-0.39, 0.29) is 5.91 Å². The largest absolute Gasteiger partial charge is 0.286 e. The molecule has 11 heavy (non-hydrogen) atoms. The molecule has 0 radical (unpaired) electrons. The highest BCUT2D eigenvalue weighted by atomic mass is 16.2. The molecular formula is C7H11N3O. The second-order valence-electron chi connectivity index (χ2n) is 2.80. The van der Waals surface area contributed by atoms with Crippen LogP contribution in [0.4, 0.5) is 0 Å². The van der Waals surface area contributed by atoms with Crippen LogP contribution in [0.2, 0.25) is 0 Å². The molecule has 0 aromatic heterocycles. The van der Waals surface area contributed by atoms with E-state index in [1.165, 1.54) is 6.42 Å². The number of carbonyl (C=O) groups excluding carboxylic acids is 1. The SMILES string of the molecule is O=C1NNN2CCCCC=C12. The minimum Gasteiger partial charge on any atom is -0.286 e. The highest BCUT2D eigenvalue weighted by Gasteiger charge is 2.24. The summed E-state index contributed by atoms with van der Waals surface area (Å²) in [5, 5.41) is 1.87. The summed E-state index contributed by atoms with van der Waals surface area (Å²) in [5.41, 5.74) is 6.15. The van der Waals surface area contributed by atoms with E-state index in [0.29, 0.717) is 0 Å². The number of rotatable bonds is 0. The number of allylic oxidation sites excluding steroid dienone is 1. The zero-order chi connectivity index (χ0) is 7.68. The van der Waals surface area contributed by atoms with Crippen LogP contribution in [0.5, 0.6) is 0 Å². The summed E-state index contributed by atoms with van der Waals surface area (Å²) in [6.45, 7) is 0.921. The number of hydrazine groups is 2. The standard InChI is InChI=1S/C7H11N3O/c11-7-6-4-2-1-3-5-10(6)9-8-7/h4,9H,1-3,5H2,(H,8,11). The van der Waals surface area contributed by atoms with Crippen molar-refractivity contribution >= 4 is 5.91 Å². The van der Waals surface area contributed by atoms with Crippen LogP contribution in [0.25, 0.3) is 0 Å². The van der Waals surface area contributed by atoms with E-state index < -0.39 is 0 Å². The number of amides is 1. The predicted octanol–water partition coefficient (Wildman–Crippen LogP) is -0.0944. The fourth-order valence-electron chi connectivity index (χ4n) is 1.40. The monoisotopic (exact) mass is 153 g/mol. The maximum absolute atomic E-state index is 11.1. The topological polar surface area (TPSA) is 44.4 Å². The first-order chi connectivity index (χ1) is 5.38. The van der Waals surface area contributed by atoms with E-state index in [1.807, 2.05) is 11.1 Å². The molecule has 0 aromatic rings. The van der Waals surface area contributed by atoms with Gasteiger partial charge in [-0.2, -0.15) is 0 Å². The van der Waals surface area contributed by atoms with E-state index in [1.54, 1.807) is 0 Å². The maximum Gasteiger partial charge on any atom is 0.284 e. The van der Waals surface area contributed by atoms with Crippen molar-refractivity contribution in [1.29, 1.82) is 0 Å². The molecule has 0 spiro atoms. The maximum atomic E-state index is 11.1. The van der Waals surface area contributed by atoms with E-state index in [9.17, 15) is 4.79 Å². The molecule has 0 atom stereocenters. The van der Waals surface area contributed by atoms with Gasteiger partial charge >= 0.3 is 0 Å². The third-order valence-electron chi connectivity index (χ3n) is 2.00. The van der Waals surface area contributed by atoms with Crippen molar-refractivity contribution in [3.63, 3.8) is 0 Å². The molecule has 2 aliphatic heterocycles. The average Bonchev–Trinajstić information content (AvgIpc) is 2.25. The van der Waals surface area contributed by atoms with E-state index in [4.69, 9.17) is 0 Å². The van der Waals surface area contributed by atoms with Gasteiger partial charge in [0.05, 0.1) is 0 Å². The molecule has 2 rings (SSSR count). The van der Waals surface area contributed by atoms with Crippen molar-refractivity contribution in [2.45, 2.75) is 19.3 Å². The molecule has 0 aliphatic carbocycles. The van der Waals surface area contributed by atoms with Gasteiger partial charge in [0.15, 0.2) is 0 Å². The van der Waals surface area contributed by atoms with Crippen LogP contribution in [0, 0.1) is 0 Å². The van der Waals surface area contributed by atoms with Gasteiger partial charge in [-0.3, -0.25) is 15.2 Å². The van der Waals surface area contributed by atoms with Gasteiger partial charge in [-0.15, -0.1) is 5.53 Å². The molecule has 1 fully saturated rings. The molecular weight excluding hydrogens is 142 g/mol. The average molecular weight is 153 g/mol. The third kappa shape index (κ3) is 1.09. The Labute approximate surface area is 65.2 Å². The zero-order valence-corrected chi connectivity index (χ0v) is 6.26. The number of hydrogen-bond donors (Lipinski definition) is 2. The number of nitrogens with zero attached hydrogens (tertiary/aromatic N) is 1. The van der Waals surface area contributed by atoms with Crippen molar-refractivity contribution in [3.8, 4) is 0 Å². The van der Waals surface area contributed by atoms with Crippen LogP contribution in [-0.2, 0) is 4.79 Å². The number of nitrogens with one attached hydrogen (secondary N) is 2. The fourth-order valence-corrected chi connectivity index (χ4v) is 1.40. The van der Waals surface area contributed by atoms with Gasteiger partial charge in [0.1, 0.15) is 5.70 Å². The van der Waals surface area contributed by atoms with Crippen molar-refractivity contribution in [2.24, 2.45) is 0 Å². The normalized spacial score (nSPS) is 23.8. The second-order valence-corrected chi connectivity index (χ2v) is 2.80. The fraction of sp³-hybridized carbons (Fsp3) is 0.571. The minimum atomic E-state index is -0.00750. The molecule has 4 nitrogen and oxygen atoms in total. The van der Waals surface area contributed by atoms with Crippen molar-refractivity contribution < 1.29 is 4.79 Å². The summed E-state index contributed by atoms with van der Waals surface area (Å²) < 4.78 is 0. The lowest BCUT2D eigenvalue weighted by atomic mass is 10.2. The van der Waals surface area contributed by atoms with Gasteiger partial charge in [-0.1, -0.05) is 6.08 Å². The number of carbonyl (C=O) groups is 1. The number of hydrogen-bond acceptors (Lipinski definition) is 3. The van der Waals surface area contributed by atoms with Gasteiger partial charge in [-0.25, -0.2) is 0 Å². The lowest BCUT2D eigenvalue weighted by Crippen LogP contribution is -2.36. The van der Waals surface area contributed by atoms with Gasteiger partial charge < -0.3 is 0 Å². The Morgan fingerprint density at radius 3 is 3.27 bits per heavy atom. The van der Waals surface area contributed by atoms with Crippen LogP contribution >= 0.6 is 0 Å². The van der Waals surface area contributed by atoms with Gasteiger partial charge in [-0.05, 0) is 19.3 Å². The van der Waals surface area contributed by atoms with E-state index >= 15 is 0 Å². The molecule has 4 heteroatoms. The lowest BCUT2D eigenvalue weighted by Gasteiger charge is -2.13. The second kappa shape index (κ2) is 2.54. The van der Waals surface area contributed by atoms with Gasteiger partial charge in [0, 0.05) is 6.54 Å². The predicted molar refractivity (Wildman–Crippen MR) is 39.9 cm³/mol. The van der Waals surface area contributed by atoms with Gasteiger partial charge in [0.25, 0.3) is 5.91 Å². The van der Waals surface area contributed by atoms with Crippen molar-refractivity contribution in [1.82, 2.24) is 16.0 Å². The molecule has 2 N–H and O–H groups in total. The quantitative estimate of drug-likeness (QED) is 0.511. The third-order valence-corrected chi connectivity index (χ3v) is 2.00. The Hall–Kier alpha value is -1.03. The summed E-state index contributed by atoms with van der Waals surface area (Å²) in [4.78, 5) is 11.1. The van der Waals surface area contributed by atoms with E-state index in [2.05, 4.69) is 11.0 Å². The Morgan fingerprint density at radius 2 is 2.36 bits per heavy atom. The molecule has 60 valence electrons. The smallest absolute Gasteiger partial charge is 0.284 e. The lowest BCUT2D eigenvalue weighted by molar-refractivity contribution is -0.116. The Bertz CT molecular complexity index is 212. The summed E-state index contributed by atoms with van der Waals surface area (Å²) in [7, 11) is 0. The number of fused-ring (bicyclic) bond motifs is 1. The van der Waals surface area contributed by atoms with Gasteiger partial charge in [0.2, 0.25) is 0 Å². The summed E-state index contributed by atoms with van der Waals surface area (Å²) in [6, 6.07) is 0. The highest BCUT2D eigenvalue weighted by Crippen LogP contribution is 2.14. The molecule has 1 amide bonds. The van der Waals surface area contributed by atoms with Crippen LogP contribution in [0.1, 0.15) is 19.3 Å². The minimum absolute atomic E-state index is 0.00750. The summed E-state index contributed by atoms with van der Waals surface area (Å²) in [6.07, 6.45) is 5.32. The summed E-state index contributed by atoms with van der Waals surface area (Å²) >= 11 is 0. The van der Waals surface area contributed by atoms with Crippen LogP contribution in [0.3, 0.4) is 0 Å². The molecule has 0 unspecified atom stereocenters.